The molecule has 3 nitrogen and oxygen atoms in total. The lowest BCUT2D eigenvalue weighted by atomic mass is 10.1. The molecule has 0 aromatic heterocycles. The Morgan fingerprint density at radius 2 is 1.40 bits per heavy atom. The number of amidine groups is 1. The first kappa shape index (κ1) is 21.8. The molecule has 35 heavy (non-hydrogen) atoms. The van der Waals surface area contributed by atoms with E-state index in [2.05, 4.69) is 46.3 Å². The normalized spacial score (nSPS) is 16.1. The van der Waals surface area contributed by atoms with Crippen molar-refractivity contribution in [2.75, 3.05) is 4.90 Å². The van der Waals surface area contributed by atoms with Gasteiger partial charge in [0.25, 0.3) is 5.91 Å². The van der Waals surface area contributed by atoms with Crippen molar-refractivity contribution in [2.24, 2.45) is 4.99 Å². The molecule has 0 atom stereocenters. The Hall–Kier alpha value is -3.67. The molecule has 168 valence electrons. The summed E-state index contributed by atoms with van der Waals surface area (Å²) in [5.41, 5.74) is 2.63. The molecule has 1 amide bonds. The van der Waals surface area contributed by atoms with Crippen molar-refractivity contribution in [3.63, 3.8) is 0 Å². The first-order valence-corrected chi connectivity index (χ1v) is 12.8. The number of thioether (sulfide) groups is 1. The number of hydrogen-bond donors (Lipinski definition) is 0. The fourth-order valence-electron chi connectivity index (χ4n) is 4.32. The lowest BCUT2D eigenvalue weighted by Gasteiger charge is -2.18. The summed E-state index contributed by atoms with van der Waals surface area (Å²) in [6.45, 7) is 0. The second-order valence-corrected chi connectivity index (χ2v) is 10.1. The summed E-state index contributed by atoms with van der Waals surface area (Å²) in [7, 11) is 0. The summed E-state index contributed by atoms with van der Waals surface area (Å²) < 4.78 is 0.970. The van der Waals surface area contributed by atoms with Crippen LogP contribution >= 0.6 is 27.7 Å². The van der Waals surface area contributed by atoms with E-state index in [-0.39, 0.29) is 5.91 Å². The van der Waals surface area contributed by atoms with Gasteiger partial charge in [-0.1, -0.05) is 101 Å². The van der Waals surface area contributed by atoms with Gasteiger partial charge in [-0.2, -0.15) is 0 Å². The third-order valence-electron chi connectivity index (χ3n) is 5.94. The second kappa shape index (κ2) is 9.17. The Morgan fingerprint density at radius 3 is 2.20 bits per heavy atom. The highest BCUT2D eigenvalue weighted by atomic mass is 79.9. The zero-order chi connectivity index (χ0) is 23.8. The number of rotatable bonds is 3. The van der Waals surface area contributed by atoms with Crippen molar-refractivity contribution in [3.05, 3.63) is 124 Å². The molecule has 1 aliphatic heterocycles. The van der Waals surface area contributed by atoms with E-state index in [0.29, 0.717) is 10.1 Å². The van der Waals surface area contributed by atoms with E-state index >= 15 is 0 Å². The van der Waals surface area contributed by atoms with Crippen molar-refractivity contribution >= 4 is 77.8 Å². The molecule has 0 bridgehead atoms. The predicted molar refractivity (Wildman–Crippen MR) is 152 cm³/mol. The Morgan fingerprint density at radius 1 is 0.743 bits per heavy atom. The maximum absolute atomic E-state index is 13.8. The number of anilines is 1. The van der Waals surface area contributed by atoms with Crippen LogP contribution in [0.2, 0.25) is 0 Å². The Balaban J connectivity index is 1.54. The molecule has 0 saturated carbocycles. The highest BCUT2D eigenvalue weighted by Crippen LogP contribution is 2.40. The number of carbonyl (C=O) groups excluding carboxylic acids is 1. The molecule has 1 saturated heterocycles. The minimum atomic E-state index is -0.0784. The maximum Gasteiger partial charge on any atom is 0.271 e. The van der Waals surface area contributed by atoms with Crippen LogP contribution in [-0.2, 0) is 4.79 Å². The third kappa shape index (κ3) is 4.18. The van der Waals surface area contributed by atoms with Gasteiger partial charge in [-0.05, 0) is 58.4 Å². The van der Waals surface area contributed by atoms with Crippen LogP contribution in [0.5, 0.6) is 0 Å². The third-order valence-corrected chi connectivity index (χ3v) is 7.41. The molecule has 5 heteroatoms. The molecule has 5 aromatic carbocycles. The minimum absolute atomic E-state index is 0.0784. The van der Waals surface area contributed by atoms with Crippen LogP contribution in [0.1, 0.15) is 5.56 Å². The van der Waals surface area contributed by atoms with Crippen LogP contribution < -0.4 is 4.90 Å². The maximum atomic E-state index is 13.8. The first-order valence-electron chi connectivity index (χ1n) is 11.2. The summed E-state index contributed by atoms with van der Waals surface area (Å²) >= 11 is 4.93. The van der Waals surface area contributed by atoms with Gasteiger partial charge in [0.1, 0.15) is 0 Å². The van der Waals surface area contributed by atoms with Crippen molar-refractivity contribution in [2.45, 2.75) is 0 Å². The highest BCUT2D eigenvalue weighted by molar-refractivity contribution is 9.10. The van der Waals surface area contributed by atoms with Crippen molar-refractivity contribution in [1.82, 2.24) is 0 Å². The van der Waals surface area contributed by atoms with Crippen molar-refractivity contribution in [1.29, 1.82) is 0 Å². The Kier molecular flexibility index (Phi) is 5.72. The summed E-state index contributed by atoms with van der Waals surface area (Å²) in [5.74, 6) is -0.0784. The summed E-state index contributed by atoms with van der Waals surface area (Å²) in [6, 6.07) is 36.4. The second-order valence-electron chi connectivity index (χ2n) is 8.20. The van der Waals surface area contributed by atoms with Gasteiger partial charge in [-0.25, -0.2) is 4.99 Å². The molecule has 0 spiro atoms. The average molecular weight is 535 g/mol. The molecule has 6 rings (SSSR count). The van der Waals surface area contributed by atoms with Crippen LogP contribution in [0, 0.1) is 0 Å². The van der Waals surface area contributed by atoms with E-state index in [1.54, 1.807) is 4.90 Å². The van der Waals surface area contributed by atoms with Gasteiger partial charge in [0.05, 0.1) is 16.3 Å². The molecule has 1 heterocycles. The highest BCUT2D eigenvalue weighted by Gasteiger charge is 2.35. The number of nitrogens with zero attached hydrogens (tertiary/aromatic N) is 2. The van der Waals surface area contributed by atoms with Gasteiger partial charge in [-0.3, -0.25) is 9.69 Å². The summed E-state index contributed by atoms with van der Waals surface area (Å²) in [6.07, 6.45) is 1.93. The van der Waals surface area contributed by atoms with Crippen LogP contribution in [0.4, 0.5) is 11.4 Å². The zero-order valence-corrected chi connectivity index (χ0v) is 21.0. The number of amides is 1. The largest absolute Gasteiger partial charge is 0.271 e. The number of aliphatic imine (C=N–C) groups is 1. The molecule has 0 aliphatic carbocycles. The topological polar surface area (TPSA) is 32.7 Å². The van der Waals surface area contributed by atoms with Gasteiger partial charge in [-0.15, -0.1) is 0 Å². The van der Waals surface area contributed by atoms with Crippen LogP contribution in [-0.4, -0.2) is 11.1 Å². The quantitative estimate of drug-likeness (QED) is 0.217. The lowest BCUT2D eigenvalue weighted by Crippen LogP contribution is -2.28. The van der Waals surface area contributed by atoms with Gasteiger partial charge in [0, 0.05) is 15.2 Å². The smallest absolute Gasteiger partial charge is 0.268 e. The molecule has 1 aliphatic rings. The van der Waals surface area contributed by atoms with Crippen molar-refractivity contribution in [3.8, 4) is 0 Å². The van der Waals surface area contributed by atoms with E-state index < -0.39 is 0 Å². The summed E-state index contributed by atoms with van der Waals surface area (Å²) in [4.78, 5) is 21.3. The van der Waals surface area contributed by atoms with E-state index in [1.165, 1.54) is 11.8 Å². The van der Waals surface area contributed by atoms with E-state index in [4.69, 9.17) is 4.99 Å². The van der Waals surface area contributed by atoms with E-state index in [9.17, 15) is 4.79 Å². The molecule has 0 N–H and O–H groups in total. The van der Waals surface area contributed by atoms with Gasteiger partial charge in [0.15, 0.2) is 5.17 Å². The fourth-order valence-corrected chi connectivity index (χ4v) is 5.72. The van der Waals surface area contributed by atoms with Gasteiger partial charge < -0.3 is 0 Å². The first-order chi connectivity index (χ1) is 17.2. The Labute approximate surface area is 215 Å². The fraction of sp³-hybridized carbons (Fsp3) is 0. The van der Waals surface area contributed by atoms with Crippen molar-refractivity contribution < 1.29 is 4.79 Å². The SMILES string of the molecule is O=C1/C(=C\c2cccc(Br)c2)SC(=Nc2cccc3ccccc23)N1c1cccc2ccccc12. The lowest BCUT2D eigenvalue weighted by molar-refractivity contribution is -0.113. The zero-order valence-electron chi connectivity index (χ0n) is 18.6. The average Bonchev–Trinajstić information content (AvgIpc) is 3.18. The molecule has 1 fully saturated rings. The van der Waals surface area contributed by atoms with Crippen LogP contribution in [0.25, 0.3) is 27.6 Å². The predicted octanol–water partition coefficient (Wildman–Crippen LogP) is 8.56. The minimum Gasteiger partial charge on any atom is -0.268 e. The number of hydrogen-bond acceptors (Lipinski definition) is 3. The molecule has 0 unspecified atom stereocenters. The molecular formula is C30H19BrN2OS. The number of benzene rings is 5. The monoisotopic (exact) mass is 534 g/mol. The van der Waals surface area contributed by atoms with E-state index in [0.717, 1.165) is 43.0 Å². The molecule has 0 radical (unpaired) electrons. The molecular weight excluding hydrogens is 516 g/mol. The number of carbonyl (C=O) groups is 1. The number of fused-ring (bicyclic) bond motifs is 2. The van der Waals surface area contributed by atoms with Crippen LogP contribution in [0.3, 0.4) is 0 Å². The standard InChI is InChI=1S/C30H19BrN2OS/c31-23-13-5-8-20(18-23)19-28-29(34)33(27-17-7-12-22-10-2-4-15-25(22)27)30(35-28)32-26-16-6-11-21-9-1-3-14-24(21)26/h1-19H/b28-19+,32-30?. The van der Waals surface area contributed by atoms with E-state index in [1.807, 2.05) is 84.9 Å². The van der Waals surface area contributed by atoms with Crippen LogP contribution in [0.15, 0.2) is 124 Å². The Bertz CT molecular complexity index is 1660. The number of halogens is 1. The van der Waals surface area contributed by atoms with Gasteiger partial charge >= 0.3 is 0 Å². The molecule has 5 aromatic rings. The summed E-state index contributed by atoms with van der Waals surface area (Å²) in [5, 5.41) is 4.90. The van der Waals surface area contributed by atoms with Gasteiger partial charge in [0.2, 0.25) is 0 Å².